The topological polar surface area (TPSA) is 62.8 Å². The summed E-state index contributed by atoms with van der Waals surface area (Å²) in [4.78, 5) is 2.65. The maximum absolute atomic E-state index is 11.3. The Morgan fingerprint density at radius 2 is 1.77 bits per heavy atom. The number of aliphatic hydroxyl groups is 1. The number of aromatic nitrogens is 2. The van der Waals surface area contributed by atoms with Gasteiger partial charge in [0.05, 0.1) is 12.6 Å². The number of hydrogen-bond donors (Lipinski definition) is 2. The van der Waals surface area contributed by atoms with Gasteiger partial charge >= 0.3 is 0 Å². The number of aryl methyl sites for hydroxylation is 1. The molecule has 1 aliphatic carbocycles. The molecular formula is C32H45N4O3+. The lowest BCUT2D eigenvalue weighted by Gasteiger charge is -2.34. The molecule has 39 heavy (non-hydrogen) atoms. The molecule has 0 amide bonds. The van der Waals surface area contributed by atoms with Crippen LogP contribution in [0, 0.1) is 11.8 Å². The van der Waals surface area contributed by atoms with Gasteiger partial charge in [-0.3, -0.25) is 5.32 Å². The Balaban J connectivity index is 1.55. The van der Waals surface area contributed by atoms with Gasteiger partial charge in [-0.1, -0.05) is 39.2 Å². The maximum atomic E-state index is 11.3. The van der Waals surface area contributed by atoms with Gasteiger partial charge < -0.3 is 19.5 Å². The van der Waals surface area contributed by atoms with Crippen LogP contribution < -0.4 is 19.4 Å². The average molecular weight is 534 g/mol. The van der Waals surface area contributed by atoms with Crippen LogP contribution in [0.25, 0.3) is 16.6 Å². The Bertz CT molecular complexity index is 1320. The summed E-state index contributed by atoms with van der Waals surface area (Å²) in [5.41, 5.74) is 5.76. The number of fused-ring (bicyclic) bond motifs is 6. The van der Waals surface area contributed by atoms with Gasteiger partial charge in [-0.2, -0.15) is 0 Å². The van der Waals surface area contributed by atoms with E-state index in [1.54, 1.807) is 0 Å². The number of benzene rings is 1. The summed E-state index contributed by atoms with van der Waals surface area (Å²) < 4.78 is 16.2. The average Bonchev–Trinajstić information content (AvgIpc) is 3.50. The quantitative estimate of drug-likeness (QED) is 0.419. The van der Waals surface area contributed by atoms with E-state index in [0.717, 1.165) is 65.8 Å². The van der Waals surface area contributed by atoms with Crippen molar-refractivity contribution < 1.29 is 19.1 Å². The SMILES string of the molecule is CNC(O)C1=CC2=C(N3CCCCCC(C)CCC3)C=CC(C)CCC2n2c1[n+](C)c1cc3c(cc12)OCO3. The molecule has 210 valence electrons. The lowest BCUT2D eigenvalue weighted by molar-refractivity contribution is -0.648. The van der Waals surface area contributed by atoms with Crippen LogP contribution in [0.5, 0.6) is 11.5 Å². The summed E-state index contributed by atoms with van der Waals surface area (Å²) in [5, 5.41) is 14.4. The summed E-state index contributed by atoms with van der Waals surface area (Å²) >= 11 is 0. The van der Waals surface area contributed by atoms with Crippen LogP contribution in [0.1, 0.15) is 77.1 Å². The molecule has 6 rings (SSSR count). The van der Waals surface area contributed by atoms with E-state index in [0.29, 0.717) is 5.92 Å². The van der Waals surface area contributed by atoms with Crippen LogP contribution in [0.3, 0.4) is 0 Å². The van der Waals surface area contributed by atoms with E-state index in [1.807, 2.05) is 7.05 Å². The molecule has 1 aromatic carbocycles. The van der Waals surface area contributed by atoms with Gasteiger partial charge in [-0.25, -0.2) is 9.13 Å². The van der Waals surface area contributed by atoms with Crippen molar-refractivity contribution in [1.82, 2.24) is 14.8 Å². The highest BCUT2D eigenvalue weighted by molar-refractivity contribution is 5.82. The number of aliphatic hydroxyl groups excluding tert-OH is 1. The summed E-state index contributed by atoms with van der Waals surface area (Å²) in [6, 6.07) is 4.40. The van der Waals surface area contributed by atoms with E-state index in [2.05, 4.69) is 70.6 Å². The van der Waals surface area contributed by atoms with Crippen LogP contribution in [0.2, 0.25) is 0 Å². The number of nitrogens with zero attached hydrogens (tertiary/aromatic N) is 3. The van der Waals surface area contributed by atoms with Crippen LogP contribution in [0.4, 0.5) is 0 Å². The monoisotopic (exact) mass is 533 g/mol. The first kappa shape index (κ1) is 26.5. The van der Waals surface area contributed by atoms with Gasteiger partial charge in [0.15, 0.2) is 22.5 Å². The van der Waals surface area contributed by atoms with E-state index in [-0.39, 0.29) is 12.8 Å². The second-order valence-corrected chi connectivity index (χ2v) is 12.1. The van der Waals surface area contributed by atoms with Gasteiger partial charge in [0, 0.05) is 36.5 Å². The van der Waals surface area contributed by atoms with Gasteiger partial charge in [0.2, 0.25) is 6.79 Å². The fraction of sp³-hybridized carbons (Fsp3) is 0.594. The molecule has 1 saturated heterocycles. The molecule has 7 nitrogen and oxygen atoms in total. The van der Waals surface area contributed by atoms with Gasteiger partial charge in [0.1, 0.15) is 12.3 Å². The van der Waals surface area contributed by atoms with E-state index in [9.17, 15) is 5.11 Å². The number of allylic oxidation sites excluding steroid dienone is 4. The van der Waals surface area contributed by atoms with Crippen molar-refractivity contribution in [2.75, 3.05) is 26.9 Å². The Morgan fingerprint density at radius 1 is 1.00 bits per heavy atom. The second-order valence-electron chi connectivity index (χ2n) is 12.1. The molecule has 0 bridgehead atoms. The van der Waals surface area contributed by atoms with Crippen LogP contribution >= 0.6 is 0 Å². The number of ether oxygens (including phenoxy) is 2. The van der Waals surface area contributed by atoms with Crippen LogP contribution in [-0.2, 0) is 7.05 Å². The molecule has 2 aromatic rings. The van der Waals surface area contributed by atoms with Gasteiger partial charge in [-0.05, 0) is 63.1 Å². The highest BCUT2D eigenvalue weighted by atomic mass is 16.7. The number of hydrogen-bond acceptors (Lipinski definition) is 5. The molecule has 4 aliphatic rings. The van der Waals surface area contributed by atoms with E-state index >= 15 is 0 Å². The minimum absolute atomic E-state index is 0.175. The Labute approximate surface area is 232 Å². The molecule has 3 aliphatic heterocycles. The zero-order valence-corrected chi connectivity index (χ0v) is 24.1. The van der Waals surface area contributed by atoms with E-state index in [4.69, 9.17) is 9.47 Å². The number of nitrogens with one attached hydrogen (secondary N) is 1. The Kier molecular flexibility index (Phi) is 7.47. The zero-order valence-electron chi connectivity index (χ0n) is 24.1. The van der Waals surface area contributed by atoms with Crippen molar-refractivity contribution in [2.45, 2.75) is 77.5 Å². The van der Waals surface area contributed by atoms with Gasteiger partial charge in [-0.15, -0.1) is 0 Å². The molecule has 4 atom stereocenters. The molecule has 0 radical (unpaired) electrons. The van der Waals surface area contributed by atoms with Crippen molar-refractivity contribution in [2.24, 2.45) is 18.9 Å². The molecule has 1 fully saturated rings. The standard InChI is InChI=1S/C32H45N4O3/c1-21-9-6-5-7-15-35(16-8-10-21)25-13-11-22(2)12-14-26-23(25)17-24(31(37)33-3)32-34(4)27-18-29-30(39-20-38-29)19-28(27)36(26)32/h11,13,17-19,21-22,26,31,33,37H,5-10,12,14-16,20H2,1-4H3/q+1. The highest BCUT2D eigenvalue weighted by Crippen LogP contribution is 2.44. The Hall–Kier alpha value is -2.77. The summed E-state index contributed by atoms with van der Waals surface area (Å²) in [5.74, 6) is 3.93. The maximum Gasteiger partial charge on any atom is 0.290 e. The summed E-state index contributed by atoms with van der Waals surface area (Å²) in [6.45, 7) is 7.18. The van der Waals surface area contributed by atoms with Crippen molar-refractivity contribution in [3.63, 3.8) is 0 Å². The first-order valence-corrected chi connectivity index (χ1v) is 15.0. The smallest absolute Gasteiger partial charge is 0.290 e. The first-order valence-electron chi connectivity index (χ1n) is 15.0. The largest absolute Gasteiger partial charge is 0.453 e. The molecule has 0 saturated carbocycles. The number of likely N-dealkylation sites (N-methyl/N-ethyl adjacent to an activating group) is 1. The lowest BCUT2D eigenvalue weighted by Crippen LogP contribution is -2.40. The van der Waals surface area contributed by atoms with Crippen molar-refractivity contribution >= 4 is 16.6 Å². The van der Waals surface area contributed by atoms with Crippen molar-refractivity contribution in [3.8, 4) is 11.5 Å². The van der Waals surface area contributed by atoms with Crippen LogP contribution in [0.15, 0.2) is 41.6 Å². The highest BCUT2D eigenvalue weighted by Gasteiger charge is 2.41. The molecule has 2 N–H and O–H groups in total. The molecule has 1 aromatic heterocycles. The third-order valence-electron chi connectivity index (χ3n) is 9.31. The minimum Gasteiger partial charge on any atom is -0.453 e. The predicted molar refractivity (Wildman–Crippen MR) is 154 cm³/mol. The molecule has 7 heteroatoms. The van der Waals surface area contributed by atoms with Gasteiger partial charge in [0.25, 0.3) is 5.82 Å². The molecule has 4 heterocycles. The minimum atomic E-state index is -0.776. The fourth-order valence-electron chi connectivity index (χ4n) is 7.03. The molecule has 0 spiro atoms. The fourth-order valence-corrected chi connectivity index (χ4v) is 7.03. The zero-order chi connectivity index (χ0) is 27.1. The number of imidazole rings is 1. The lowest BCUT2D eigenvalue weighted by atomic mass is 9.87. The van der Waals surface area contributed by atoms with Crippen LogP contribution in [-0.4, -0.2) is 47.7 Å². The first-order chi connectivity index (χ1) is 19.0. The summed E-state index contributed by atoms with van der Waals surface area (Å²) in [6.07, 6.45) is 16.2. The Morgan fingerprint density at radius 3 is 2.59 bits per heavy atom. The third-order valence-corrected chi connectivity index (χ3v) is 9.31. The molecule has 4 unspecified atom stereocenters. The van der Waals surface area contributed by atoms with Crippen molar-refractivity contribution in [3.05, 3.63) is 47.5 Å². The third kappa shape index (κ3) is 4.89. The number of rotatable bonds is 3. The van der Waals surface area contributed by atoms with E-state index < -0.39 is 6.23 Å². The normalized spacial score (nSPS) is 26.5. The molecular weight excluding hydrogens is 488 g/mol. The predicted octanol–water partition coefficient (Wildman–Crippen LogP) is 5.20. The second kappa shape index (κ2) is 11.0. The van der Waals surface area contributed by atoms with Crippen molar-refractivity contribution in [1.29, 1.82) is 0 Å². The van der Waals surface area contributed by atoms with E-state index in [1.165, 1.54) is 49.8 Å². The summed E-state index contributed by atoms with van der Waals surface area (Å²) in [7, 11) is 3.92.